The minimum absolute atomic E-state index is 0.0561. The highest BCUT2D eigenvalue weighted by atomic mass is 19.4. The van der Waals surface area contributed by atoms with Crippen molar-refractivity contribution in [2.75, 3.05) is 54.0 Å². The molecule has 10 heteroatoms. The predicted octanol–water partition coefficient (Wildman–Crippen LogP) is 2.96. The molecule has 0 unspecified atom stereocenters. The molecule has 0 spiro atoms. The Hall–Kier alpha value is -2.65. The lowest BCUT2D eigenvalue weighted by molar-refractivity contribution is -0.138. The number of alkyl halides is 3. The summed E-state index contributed by atoms with van der Waals surface area (Å²) in [6.07, 6.45) is 0.114. The topological polar surface area (TPSA) is 48.4 Å². The SMILES string of the molecule is Fc1cc(C(F)(F)F)cnc1N1CCN(c2nccc(N3CCCC3)n2)CC1. The lowest BCUT2D eigenvalue weighted by atomic mass is 10.2. The molecule has 4 rings (SSSR count). The summed E-state index contributed by atoms with van der Waals surface area (Å²) in [6, 6.07) is 2.39. The van der Waals surface area contributed by atoms with Gasteiger partial charge in [0.25, 0.3) is 0 Å². The van der Waals surface area contributed by atoms with Crippen molar-refractivity contribution in [3.8, 4) is 0 Å². The largest absolute Gasteiger partial charge is 0.417 e. The van der Waals surface area contributed by atoms with Crippen LogP contribution in [0.5, 0.6) is 0 Å². The van der Waals surface area contributed by atoms with Gasteiger partial charge in [0.1, 0.15) is 5.82 Å². The predicted molar refractivity (Wildman–Crippen MR) is 97.1 cm³/mol. The third-order valence-electron chi connectivity index (χ3n) is 5.07. The summed E-state index contributed by atoms with van der Waals surface area (Å²) < 4.78 is 52.2. The van der Waals surface area contributed by atoms with Gasteiger partial charge in [-0.1, -0.05) is 0 Å². The minimum atomic E-state index is -4.61. The lowest BCUT2D eigenvalue weighted by Crippen LogP contribution is -2.47. The first-order valence-corrected chi connectivity index (χ1v) is 9.22. The quantitative estimate of drug-likeness (QED) is 0.744. The standard InChI is InChI=1S/C18H20F4N6/c19-14-11-13(18(20,21)22)12-24-16(14)27-7-9-28(10-8-27)17-23-4-3-15(25-17)26-5-1-2-6-26/h3-4,11-12H,1-2,5-10H2. The van der Waals surface area contributed by atoms with E-state index in [1.54, 1.807) is 11.1 Å². The Kier molecular flexibility index (Phi) is 4.94. The third-order valence-corrected chi connectivity index (χ3v) is 5.07. The second kappa shape index (κ2) is 7.40. The molecule has 0 bridgehead atoms. The first kappa shape index (κ1) is 18.7. The van der Waals surface area contributed by atoms with Crippen LogP contribution in [0.3, 0.4) is 0 Å². The molecular weight excluding hydrogens is 376 g/mol. The molecule has 0 N–H and O–H groups in total. The monoisotopic (exact) mass is 396 g/mol. The van der Waals surface area contributed by atoms with Gasteiger partial charge in [0.15, 0.2) is 11.6 Å². The summed E-state index contributed by atoms with van der Waals surface area (Å²) >= 11 is 0. The van der Waals surface area contributed by atoms with Crippen molar-refractivity contribution < 1.29 is 17.6 Å². The van der Waals surface area contributed by atoms with Crippen LogP contribution < -0.4 is 14.7 Å². The Labute approximate surface area is 159 Å². The minimum Gasteiger partial charge on any atom is -0.356 e. The van der Waals surface area contributed by atoms with Crippen LogP contribution >= 0.6 is 0 Å². The van der Waals surface area contributed by atoms with Crippen LogP contribution in [0.2, 0.25) is 0 Å². The normalized spacial score (nSPS) is 18.1. The number of hydrogen-bond acceptors (Lipinski definition) is 6. The van der Waals surface area contributed by atoms with Crippen molar-refractivity contribution in [2.45, 2.75) is 19.0 Å². The van der Waals surface area contributed by atoms with Crippen molar-refractivity contribution in [1.82, 2.24) is 15.0 Å². The molecule has 4 heterocycles. The van der Waals surface area contributed by atoms with Gasteiger partial charge in [-0.05, 0) is 25.0 Å². The highest BCUT2D eigenvalue weighted by molar-refractivity contribution is 5.47. The van der Waals surface area contributed by atoms with E-state index in [-0.39, 0.29) is 5.82 Å². The zero-order valence-electron chi connectivity index (χ0n) is 15.2. The molecular formula is C18H20F4N6. The van der Waals surface area contributed by atoms with E-state index in [9.17, 15) is 17.6 Å². The summed E-state index contributed by atoms with van der Waals surface area (Å²) in [5.41, 5.74) is -1.08. The van der Waals surface area contributed by atoms with Gasteiger partial charge in [-0.15, -0.1) is 0 Å². The van der Waals surface area contributed by atoms with Gasteiger partial charge in [0, 0.05) is 51.7 Å². The molecule has 2 fully saturated rings. The van der Waals surface area contributed by atoms with E-state index in [1.165, 1.54) is 0 Å². The van der Waals surface area contributed by atoms with Crippen LogP contribution in [-0.2, 0) is 6.18 Å². The number of nitrogens with zero attached hydrogens (tertiary/aromatic N) is 6. The Bertz CT molecular complexity index is 829. The Morgan fingerprint density at radius 1 is 0.857 bits per heavy atom. The molecule has 0 saturated carbocycles. The van der Waals surface area contributed by atoms with E-state index in [0.29, 0.717) is 44.4 Å². The van der Waals surface area contributed by atoms with Gasteiger partial charge < -0.3 is 14.7 Å². The first-order valence-electron chi connectivity index (χ1n) is 9.22. The van der Waals surface area contributed by atoms with Crippen LogP contribution in [0.15, 0.2) is 24.5 Å². The summed E-state index contributed by atoms with van der Waals surface area (Å²) in [6.45, 7) is 3.89. The van der Waals surface area contributed by atoms with E-state index < -0.39 is 17.6 Å². The number of anilines is 3. The number of piperazine rings is 1. The molecule has 0 radical (unpaired) electrons. The zero-order valence-corrected chi connectivity index (χ0v) is 15.2. The fourth-order valence-electron chi connectivity index (χ4n) is 3.55. The fourth-order valence-corrected chi connectivity index (χ4v) is 3.55. The van der Waals surface area contributed by atoms with Crippen molar-refractivity contribution in [3.63, 3.8) is 0 Å². The second-order valence-electron chi connectivity index (χ2n) is 6.91. The molecule has 2 aromatic rings. The number of hydrogen-bond donors (Lipinski definition) is 0. The van der Waals surface area contributed by atoms with Gasteiger partial charge >= 0.3 is 6.18 Å². The maximum atomic E-state index is 14.2. The Morgan fingerprint density at radius 3 is 2.18 bits per heavy atom. The van der Waals surface area contributed by atoms with Crippen LogP contribution in [0, 0.1) is 5.82 Å². The maximum absolute atomic E-state index is 14.2. The Balaban J connectivity index is 1.43. The van der Waals surface area contributed by atoms with E-state index >= 15 is 0 Å². The van der Waals surface area contributed by atoms with E-state index in [2.05, 4.69) is 19.9 Å². The second-order valence-corrected chi connectivity index (χ2v) is 6.91. The molecule has 2 aromatic heterocycles. The molecule has 28 heavy (non-hydrogen) atoms. The van der Waals surface area contributed by atoms with E-state index in [4.69, 9.17) is 0 Å². The number of aromatic nitrogens is 3. The molecule has 2 saturated heterocycles. The van der Waals surface area contributed by atoms with Crippen LogP contribution in [0.25, 0.3) is 0 Å². The van der Waals surface area contributed by atoms with Crippen LogP contribution in [0.4, 0.5) is 35.1 Å². The fraction of sp³-hybridized carbons (Fsp3) is 0.500. The van der Waals surface area contributed by atoms with Crippen molar-refractivity contribution >= 4 is 17.6 Å². The van der Waals surface area contributed by atoms with Crippen molar-refractivity contribution in [3.05, 3.63) is 35.9 Å². The summed E-state index contributed by atoms with van der Waals surface area (Å²) in [7, 11) is 0. The third kappa shape index (κ3) is 3.81. The average molecular weight is 396 g/mol. The Morgan fingerprint density at radius 2 is 1.54 bits per heavy atom. The van der Waals surface area contributed by atoms with Gasteiger partial charge in [0.05, 0.1) is 5.56 Å². The van der Waals surface area contributed by atoms with Crippen molar-refractivity contribution in [2.24, 2.45) is 0 Å². The summed E-state index contributed by atoms with van der Waals surface area (Å²) in [4.78, 5) is 18.6. The van der Waals surface area contributed by atoms with E-state index in [1.807, 2.05) is 11.0 Å². The average Bonchev–Trinajstić information content (AvgIpc) is 3.22. The van der Waals surface area contributed by atoms with Gasteiger partial charge in [0.2, 0.25) is 5.95 Å². The summed E-state index contributed by atoms with van der Waals surface area (Å²) in [5.74, 6) is 0.500. The molecule has 0 aliphatic carbocycles. The van der Waals surface area contributed by atoms with Gasteiger partial charge in [-0.3, -0.25) is 0 Å². The highest BCUT2D eigenvalue weighted by Gasteiger charge is 2.33. The first-order chi connectivity index (χ1) is 13.4. The number of halogens is 4. The van der Waals surface area contributed by atoms with Gasteiger partial charge in [-0.2, -0.15) is 18.2 Å². The maximum Gasteiger partial charge on any atom is 0.417 e. The molecule has 2 aliphatic rings. The number of pyridine rings is 1. The molecule has 150 valence electrons. The zero-order chi connectivity index (χ0) is 19.7. The smallest absolute Gasteiger partial charge is 0.356 e. The molecule has 6 nitrogen and oxygen atoms in total. The van der Waals surface area contributed by atoms with E-state index in [0.717, 1.165) is 31.7 Å². The molecule has 0 atom stereocenters. The van der Waals surface area contributed by atoms with Gasteiger partial charge in [-0.25, -0.2) is 14.4 Å². The molecule has 0 amide bonds. The molecule has 2 aliphatic heterocycles. The highest BCUT2D eigenvalue weighted by Crippen LogP contribution is 2.31. The molecule has 0 aromatic carbocycles. The van der Waals surface area contributed by atoms with Crippen molar-refractivity contribution in [1.29, 1.82) is 0 Å². The lowest BCUT2D eigenvalue weighted by Gasteiger charge is -2.35. The summed E-state index contributed by atoms with van der Waals surface area (Å²) in [5, 5.41) is 0. The number of rotatable bonds is 3. The van der Waals surface area contributed by atoms with Crippen LogP contribution in [0.1, 0.15) is 18.4 Å². The van der Waals surface area contributed by atoms with Crippen LogP contribution in [-0.4, -0.2) is 54.2 Å².